The molecule has 4 aromatic rings. The van der Waals surface area contributed by atoms with Gasteiger partial charge >= 0.3 is 0 Å². The molecule has 0 saturated heterocycles. The monoisotopic (exact) mass is 370 g/mol. The second kappa shape index (κ2) is 5.40. The van der Waals surface area contributed by atoms with E-state index >= 15 is 0 Å². The minimum absolute atomic E-state index is 0.577. The predicted octanol–water partition coefficient (Wildman–Crippen LogP) is 3.65. The minimum atomic E-state index is -1.10. The van der Waals surface area contributed by atoms with Crippen molar-refractivity contribution in [2.45, 2.75) is 24.4 Å². The SMILES string of the molecule is O[C@@H]1c2cccc3c4ccccc4c4c5c(cc(c4c23)[C@H]1O)[C@@H](O)[C@@H](O)C=C5. The summed E-state index contributed by atoms with van der Waals surface area (Å²) in [5, 5.41) is 48.4. The van der Waals surface area contributed by atoms with Crippen LogP contribution in [-0.4, -0.2) is 26.5 Å². The third-order valence-electron chi connectivity index (χ3n) is 6.30. The van der Waals surface area contributed by atoms with Crippen molar-refractivity contribution in [2.24, 2.45) is 0 Å². The molecule has 4 atom stereocenters. The van der Waals surface area contributed by atoms with Crippen molar-refractivity contribution in [2.75, 3.05) is 0 Å². The lowest BCUT2D eigenvalue weighted by atomic mass is 9.76. The highest BCUT2D eigenvalue weighted by molar-refractivity contribution is 6.29. The van der Waals surface area contributed by atoms with E-state index in [9.17, 15) is 20.4 Å². The Morgan fingerprint density at radius 2 is 1.25 bits per heavy atom. The molecule has 0 bridgehead atoms. The van der Waals surface area contributed by atoms with Crippen LogP contribution in [0.15, 0.2) is 54.6 Å². The highest BCUT2D eigenvalue weighted by Crippen LogP contribution is 2.51. The van der Waals surface area contributed by atoms with Crippen molar-refractivity contribution in [3.8, 4) is 0 Å². The van der Waals surface area contributed by atoms with Crippen LogP contribution >= 0.6 is 0 Å². The number of benzene rings is 4. The molecule has 0 heterocycles. The molecule has 0 fully saturated rings. The summed E-state index contributed by atoms with van der Waals surface area (Å²) >= 11 is 0. The molecule has 0 aliphatic heterocycles. The third kappa shape index (κ3) is 1.83. The standard InChI is InChI=1S/C24H18O4/c25-18-9-8-14-16(22(18)26)10-17-21-19(14)12-5-2-1-4-11(12)13-6-3-7-15(20(13)21)23(27)24(17)28/h1-10,18,22-28H/t18-,22+,23+,24+/m0/s1. The van der Waals surface area contributed by atoms with Gasteiger partial charge in [0, 0.05) is 0 Å². The Kier molecular flexibility index (Phi) is 3.13. The number of hydrogen-bond acceptors (Lipinski definition) is 4. The van der Waals surface area contributed by atoms with Crippen LogP contribution in [0, 0.1) is 0 Å². The Labute approximate surface area is 160 Å². The van der Waals surface area contributed by atoms with Gasteiger partial charge in [0.2, 0.25) is 0 Å². The smallest absolute Gasteiger partial charge is 0.110 e. The van der Waals surface area contributed by atoms with Crippen LogP contribution in [0.3, 0.4) is 0 Å². The quantitative estimate of drug-likeness (QED) is 0.356. The maximum atomic E-state index is 10.9. The van der Waals surface area contributed by atoms with Gasteiger partial charge < -0.3 is 20.4 Å². The molecule has 2 aliphatic carbocycles. The topological polar surface area (TPSA) is 80.9 Å². The fourth-order valence-corrected chi connectivity index (χ4v) is 5.03. The summed E-state index contributed by atoms with van der Waals surface area (Å²) in [5.41, 5.74) is 2.74. The van der Waals surface area contributed by atoms with E-state index in [4.69, 9.17) is 0 Å². The van der Waals surface area contributed by atoms with Crippen LogP contribution in [0.1, 0.15) is 40.6 Å². The molecular weight excluding hydrogens is 352 g/mol. The van der Waals surface area contributed by atoms with E-state index in [-0.39, 0.29) is 0 Å². The van der Waals surface area contributed by atoms with Crippen molar-refractivity contribution in [1.29, 1.82) is 0 Å². The van der Waals surface area contributed by atoms with Crippen molar-refractivity contribution >= 4 is 38.4 Å². The lowest BCUT2D eigenvalue weighted by Crippen LogP contribution is -2.22. The molecule has 0 spiro atoms. The number of aliphatic hydroxyl groups is 4. The summed E-state index contributed by atoms with van der Waals surface area (Å²) in [6, 6.07) is 15.6. The first-order chi connectivity index (χ1) is 13.6. The van der Waals surface area contributed by atoms with Crippen LogP contribution < -0.4 is 0 Å². The molecule has 4 heteroatoms. The zero-order chi connectivity index (χ0) is 19.2. The van der Waals surface area contributed by atoms with Crippen molar-refractivity contribution < 1.29 is 20.4 Å². The Morgan fingerprint density at radius 1 is 0.571 bits per heavy atom. The Balaban J connectivity index is 1.98. The van der Waals surface area contributed by atoms with E-state index in [0.29, 0.717) is 16.7 Å². The summed E-state index contributed by atoms with van der Waals surface area (Å²) in [6.07, 6.45) is -0.748. The van der Waals surface area contributed by atoms with Gasteiger partial charge in [-0.25, -0.2) is 0 Å². The average molecular weight is 370 g/mol. The van der Waals surface area contributed by atoms with Gasteiger partial charge in [-0.3, -0.25) is 0 Å². The van der Waals surface area contributed by atoms with E-state index in [1.807, 2.05) is 42.5 Å². The first-order valence-corrected chi connectivity index (χ1v) is 9.42. The molecule has 0 aromatic heterocycles. The fourth-order valence-electron chi connectivity index (χ4n) is 5.03. The zero-order valence-corrected chi connectivity index (χ0v) is 14.9. The van der Waals surface area contributed by atoms with E-state index in [1.54, 1.807) is 12.1 Å². The van der Waals surface area contributed by atoms with E-state index in [2.05, 4.69) is 6.07 Å². The van der Waals surface area contributed by atoms with Crippen molar-refractivity contribution in [3.05, 3.63) is 76.9 Å². The summed E-state index contributed by atoms with van der Waals surface area (Å²) < 4.78 is 0. The molecule has 4 aromatic carbocycles. The summed E-state index contributed by atoms with van der Waals surface area (Å²) in [5.74, 6) is 0. The zero-order valence-electron chi connectivity index (χ0n) is 14.9. The van der Waals surface area contributed by atoms with Gasteiger partial charge in [-0.1, -0.05) is 54.6 Å². The normalized spacial score (nSPS) is 25.7. The van der Waals surface area contributed by atoms with E-state index in [0.717, 1.165) is 37.9 Å². The van der Waals surface area contributed by atoms with Crippen molar-refractivity contribution in [3.63, 3.8) is 0 Å². The Bertz CT molecular complexity index is 1340. The molecular formula is C24H18O4. The minimum Gasteiger partial charge on any atom is -0.386 e. The maximum absolute atomic E-state index is 10.9. The molecule has 2 aliphatic rings. The van der Waals surface area contributed by atoms with Crippen molar-refractivity contribution in [1.82, 2.24) is 0 Å². The van der Waals surface area contributed by atoms with E-state index in [1.165, 1.54) is 0 Å². The van der Waals surface area contributed by atoms with E-state index < -0.39 is 24.4 Å². The van der Waals surface area contributed by atoms with Crippen LogP contribution in [0.4, 0.5) is 0 Å². The molecule has 0 radical (unpaired) electrons. The lowest BCUT2D eigenvalue weighted by molar-refractivity contribution is 0.0172. The first-order valence-electron chi connectivity index (χ1n) is 9.42. The lowest BCUT2D eigenvalue weighted by Gasteiger charge is -2.32. The summed E-state index contributed by atoms with van der Waals surface area (Å²) in [6.45, 7) is 0. The Hall–Kier alpha value is -2.76. The molecule has 4 nitrogen and oxygen atoms in total. The largest absolute Gasteiger partial charge is 0.386 e. The van der Waals surface area contributed by atoms with Gasteiger partial charge in [0.05, 0.1) is 0 Å². The number of fused-ring (bicyclic) bond motifs is 5. The molecule has 28 heavy (non-hydrogen) atoms. The summed E-state index contributed by atoms with van der Waals surface area (Å²) in [4.78, 5) is 0. The fraction of sp³-hybridized carbons (Fsp3) is 0.167. The number of rotatable bonds is 0. The predicted molar refractivity (Wildman–Crippen MR) is 109 cm³/mol. The molecule has 4 N–H and O–H groups in total. The first kappa shape index (κ1) is 16.2. The number of hydrogen-bond donors (Lipinski definition) is 4. The van der Waals surface area contributed by atoms with Gasteiger partial charge in [-0.05, 0) is 60.6 Å². The second-order valence-electron chi connectivity index (χ2n) is 7.72. The number of aliphatic hydroxyl groups excluding tert-OH is 4. The van der Waals surface area contributed by atoms with Gasteiger partial charge in [-0.15, -0.1) is 0 Å². The van der Waals surface area contributed by atoms with Gasteiger partial charge in [0.15, 0.2) is 0 Å². The molecule has 6 rings (SSSR count). The molecule has 138 valence electrons. The molecule has 0 saturated carbocycles. The van der Waals surface area contributed by atoms with Gasteiger partial charge in [0.25, 0.3) is 0 Å². The maximum Gasteiger partial charge on any atom is 0.110 e. The average Bonchev–Trinajstić information content (AvgIpc) is 2.73. The van der Waals surface area contributed by atoms with Gasteiger partial charge in [0.1, 0.15) is 24.4 Å². The third-order valence-corrected chi connectivity index (χ3v) is 6.30. The van der Waals surface area contributed by atoms with Crippen LogP contribution in [0.2, 0.25) is 0 Å². The Morgan fingerprint density at radius 3 is 2.07 bits per heavy atom. The second-order valence-corrected chi connectivity index (χ2v) is 7.72. The molecule has 0 amide bonds. The highest BCUT2D eigenvalue weighted by Gasteiger charge is 2.34. The van der Waals surface area contributed by atoms with Crippen LogP contribution in [-0.2, 0) is 0 Å². The highest BCUT2D eigenvalue weighted by atomic mass is 16.3. The molecule has 0 unspecified atom stereocenters. The summed E-state index contributed by atoms with van der Waals surface area (Å²) in [7, 11) is 0. The van der Waals surface area contributed by atoms with Gasteiger partial charge in [-0.2, -0.15) is 0 Å². The van der Waals surface area contributed by atoms with Crippen LogP contribution in [0.25, 0.3) is 38.4 Å². The van der Waals surface area contributed by atoms with Crippen LogP contribution in [0.5, 0.6) is 0 Å².